The number of ether oxygens (including phenoxy) is 1. The molecule has 0 bridgehead atoms. The van der Waals surface area contributed by atoms with Gasteiger partial charge in [-0.15, -0.1) is 0 Å². The number of fused-ring (bicyclic) bond motifs is 1. The van der Waals surface area contributed by atoms with Crippen LogP contribution in [0.25, 0.3) is 5.57 Å². The van der Waals surface area contributed by atoms with Crippen LogP contribution in [0.1, 0.15) is 47.9 Å². The molecule has 0 saturated heterocycles. The third-order valence-electron chi connectivity index (χ3n) is 5.11. The number of carbonyl (C=O) groups excluding carboxylic acids is 1. The number of amides is 1. The average molecular weight is 349 g/mol. The Kier molecular flexibility index (Phi) is 4.69. The molecule has 0 N–H and O–H groups in total. The Morgan fingerprint density at radius 2 is 2.12 bits per heavy atom. The molecule has 26 heavy (non-hydrogen) atoms. The van der Waals surface area contributed by atoms with E-state index in [2.05, 4.69) is 29.0 Å². The van der Waals surface area contributed by atoms with E-state index in [0.29, 0.717) is 36.8 Å². The van der Waals surface area contributed by atoms with E-state index in [1.54, 1.807) is 23.4 Å². The molecule has 2 aliphatic rings. The maximum atomic E-state index is 13.1. The van der Waals surface area contributed by atoms with Gasteiger partial charge in [-0.25, -0.2) is 9.97 Å². The highest BCUT2D eigenvalue weighted by molar-refractivity contribution is 5.98. The molecule has 134 valence electrons. The summed E-state index contributed by atoms with van der Waals surface area (Å²) < 4.78 is 5.82. The van der Waals surface area contributed by atoms with Crippen LogP contribution in [0.2, 0.25) is 0 Å². The van der Waals surface area contributed by atoms with Crippen molar-refractivity contribution in [2.75, 3.05) is 13.2 Å². The number of hydrogen-bond donors (Lipinski definition) is 0. The van der Waals surface area contributed by atoms with Gasteiger partial charge in [-0.1, -0.05) is 19.1 Å². The van der Waals surface area contributed by atoms with Crippen LogP contribution in [-0.2, 0) is 6.54 Å². The summed E-state index contributed by atoms with van der Waals surface area (Å²) in [5.74, 6) is 2.03. The molecule has 1 aliphatic carbocycles. The molecule has 1 aliphatic heterocycles. The molecule has 0 radical (unpaired) electrons. The summed E-state index contributed by atoms with van der Waals surface area (Å²) in [5.41, 5.74) is 3.10. The first-order chi connectivity index (χ1) is 12.7. The fraction of sp³-hybridized carbons (Fsp3) is 0.381. The van der Waals surface area contributed by atoms with Gasteiger partial charge in [0.15, 0.2) is 0 Å². The Hall–Kier alpha value is -2.69. The summed E-state index contributed by atoms with van der Waals surface area (Å²) in [7, 11) is 0. The minimum Gasteiger partial charge on any atom is -0.491 e. The predicted octanol–water partition coefficient (Wildman–Crippen LogP) is 3.71. The fourth-order valence-electron chi connectivity index (χ4n) is 3.52. The molecule has 1 aromatic carbocycles. The van der Waals surface area contributed by atoms with Crippen LogP contribution in [0, 0.1) is 5.92 Å². The second-order valence-electron chi connectivity index (χ2n) is 7.06. The number of allylic oxidation sites excluding steroid dienone is 2. The first-order valence-electron chi connectivity index (χ1n) is 9.22. The molecule has 4 rings (SSSR count). The van der Waals surface area contributed by atoms with Crippen LogP contribution in [0.3, 0.4) is 0 Å². The van der Waals surface area contributed by atoms with Gasteiger partial charge in [0.2, 0.25) is 0 Å². The zero-order valence-electron chi connectivity index (χ0n) is 15.0. The lowest BCUT2D eigenvalue weighted by Crippen LogP contribution is -2.32. The normalized spacial score (nSPS) is 20.0. The lowest BCUT2D eigenvalue weighted by atomic mass is 9.87. The molecule has 5 heteroatoms. The monoisotopic (exact) mass is 349 g/mol. The summed E-state index contributed by atoms with van der Waals surface area (Å²) in [4.78, 5) is 23.3. The highest BCUT2D eigenvalue weighted by Gasteiger charge is 2.25. The van der Waals surface area contributed by atoms with E-state index in [0.717, 1.165) is 24.3 Å². The molecule has 1 amide bonds. The molecule has 0 unspecified atom stereocenters. The summed E-state index contributed by atoms with van der Waals surface area (Å²) in [6, 6.07) is 7.77. The first-order valence-corrected chi connectivity index (χ1v) is 9.22. The highest BCUT2D eigenvalue weighted by Crippen LogP contribution is 2.33. The van der Waals surface area contributed by atoms with E-state index in [-0.39, 0.29) is 5.91 Å². The van der Waals surface area contributed by atoms with Gasteiger partial charge in [0.1, 0.15) is 18.2 Å². The molecular formula is C21H23N3O2. The molecule has 2 aromatic rings. The number of carbonyl (C=O) groups is 1. The van der Waals surface area contributed by atoms with Crippen molar-refractivity contribution in [1.29, 1.82) is 0 Å². The summed E-state index contributed by atoms with van der Waals surface area (Å²) in [6.45, 7) is 3.69. The van der Waals surface area contributed by atoms with Crippen LogP contribution in [0.4, 0.5) is 0 Å². The molecule has 1 atom stereocenters. The largest absolute Gasteiger partial charge is 0.491 e. The first kappa shape index (κ1) is 16.8. The van der Waals surface area contributed by atoms with Crippen molar-refractivity contribution in [3.8, 4) is 5.75 Å². The van der Waals surface area contributed by atoms with Crippen LogP contribution in [0.5, 0.6) is 5.75 Å². The molecule has 0 spiro atoms. The summed E-state index contributed by atoms with van der Waals surface area (Å²) in [6.07, 6.45) is 9.08. The lowest BCUT2D eigenvalue weighted by Gasteiger charge is -2.20. The van der Waals surface area contributed by atoms with Gasteiger partial charge in [-0.05, 0) is 54.5 Å². The second kappa shape index (κ2) is 7.28. The van der Waals surface area contributed by atoms with Gasteiger partial charge in [-0.3, -0.25) is 4.79 Å². The third kappa shape index (κ3) is 3.47. The fourth-order valence-corrected chi connectivity index (χ4v) is 3.52. The van der Waals surface area contributed by atoms with Crippen LogP contribution < -0.4 is 4.74 Å². The zero-order valence-corrected chi connectivity index (χ0v) is 15.0. The molecule has 0 fully saturated rings. The number of nitrogens with zero attached hydrogens (tertiary/aromatic N) is 3. The molecule has 5 nitrogen and oxygen atoms in total. The number of benzene rings is 1. The Bertz CT molecular complexity index is 832. The second-order valence-corrected chi connectivity index (χ2v) is 7.06. The van der Waals surface area contributed by atoms with E-state index >= 15 is 0 Å². The van der Waals surface area contributed by atoms with Crippen molar-refractivity contribution in [3.05, 3.63) is 59.7 Å². The van der Waals surface area contributed by atoms with Gasteiger partial charge >= 0.3 is 0 Å². The topological polar surface area (TPSA) is 55.3 Å². The minimum absolute atomic E-state index is 0.0171. The summed E-state index contributed by atoms with van der Waals surface area (Å²) >= 11 is 0. The number of aromatic nitrogens is 2. The maximum Gasteiger partial charge on any atom is 0.258 e. The number of hydrogen-bond acceptors (Lipinski definition) is 4. The number of rotatable bonds is 3. The Balaban J connectivity index is 1.61. The van der Waals surface area contributed by atoms with Crippen molar-refractivity contribution >= 4 is 11.5 Å². The van der Waals surface area contributed by atoms with Crippen LogP contribution >= 0.6 is 0 Å². The van der Waals surface area contributed by atoms with Gasteiger partial charge < -0.3 is 9.64 Å². The molecule has 1 aromatic heterocycles. The zero-order chi connectivity index (χ0) is 17.9. The lowest BCUT2D eigenvalue weighted by molar-refractivity contribution is 0.0738. The smallest absolute Gasteiger partial charge is 0.258 e. The van der Waals surface area contributed by atoms with Gasteiger partial charge in [-0.2, -0.15) is 0 Å². The molecule has 0 saturated carbocycles. The predicted molar refractivity (Wildman–Crippen MR) is 99.7 cm³/mol. The third-order valence-corrected chi connectivity index (χ3v) is 5.11. The van der Waals surface area contributed by atoms with E-state index in [1.807, 2.05) is 12.1 Å². The Morgan fingerprint density at radius 1 is 1.27 bits per heavy atom. The Labute approximate surface area is 153 Å². The van der Waals surface area contributed by atoms with Crippen LogP contribution in [-0.4, -0.2) is 33.9 Å². The van der Waals surface area contributed by atoms with Crippen molar-refractivity contribution in [3.63, 3.8) is 0 Å². The average Bonchev–Trinajstić information content (AvgIpc) is 2.82. The van der Waals surface area contributed by atoms with E-state index in [1.165, 1.54) is 12.0 Å². The quantitative estimate of drug-likeness (QED) is 0.847. The standard InChI is InChI=1S/C21H23N3O2/c1-15-3-5-16(6-4-15)17-7-8-19-18(13-17)21(25)24(11-12-26-19)14-20-22-9-2-10-23-20/h2,5,7-10,13,15H,3-4,6,11-12,14H2,1H3/t15-/m1/s1. The Morgan fingerprint density at radius 3 is 2.88 bits per heavy atom. The van der Waals surface area contributed by atoms with Crippen molar-refractivity contribution < 1.29 is 9.53 Å². The van der Waals surface area contributed by atoms with Crippen LogP contribution in [0.15, 0.2) is 42.7 Å². The van der Waals surface area contributed by atoms with Gasteiger partial charge in [0.25, 0.3) is 5.91 Å². The minimum atomic E-state index is -0.0171. The van der Waals surface area contributed by atoms with Crippen molar-refractivity contribution in [2.24, 2.45) is 5.92 Å². The highest BCUT2D eigenvalue weighted by atomic mass is 16.5. The molecular weight excluding hydrogens is 326 g/mol. The van der Waals surface area contributed by atoms with Gasteiger partial charge in [0.05, 0.1) is 18.7 Å². The van der Waals surface area contributed by atoms with E-state index < -0.39 is 0 Å². The maximum absolute atomic E-state index is 13.1. The van der Waals surface area contributed by atoms with E-state index in [4.69, 9.17) is 4.74 Å². The van der Waals surface area contributed by atoms with E-state index in [9.17, 15) is 4.79 Å². The van der Waals surface area contributed by atoms with Gasteiger partial charge in [0, 0.05) is 12.4 Å². The molecule has 2 heterocycles. The van der Waals surface area contributed by atoms with Crippen molar-refractivity contribution in [2.45, 2.75) is 32.7 Å². The SMILES string of the molecule is C[C@@H]1CC=C(c2ccc3c(c2)C(=O)N(Cc2ncccn2)CCO3)CC1. The summed E-state index contributed by atoms with van der Waals surface area (Å²) in [5, 5.41) is 0. The van der Waals surface area contributed by atoms with Crippen molar-refractivity contribution in [1.82, 2.24) is 14.9 Å².